The summed E-state index contributed by atoms with van der Waals surface area (Å²) in [4.78, 5) is 3.52. The van der Waals surface area contributed by atoms with E-state index >= 15 is 0 Å². The van der Waals surface area contributed by atoms with Gasteiger partial charge in [0.05, 0.1) is 27.4 Å². The number of benzene rings is 4. The number of fused-ring (bicyclic) bond motifs is 1. The average Bonchev–Trinajstić information content (AvgIpc) is 3.51. The van der Waals surface area contributed by atoms with Crippen LogP contribution >= 0.6 is 11.8 Å². The Morgan fingerprint density at radius 1 is 0.773 bits per heavy atom. The first-order valence-electron chi connectivity index (χ1n) is 14.6. The maximum Gasteiger partial charge on any atom is 0.290 e. The highest BCUT2D eigenvalue weighted by Crippen LogP contribution is 2.34. The molecule has 1 aliphatic rings. The van der Waals surface area contributed by atoms with Gasteiger partial charge in [0.2, 0.25) is 5.03 Å². The van der Waals surface area contributed by atoms with Gasteiger partial charge >= 0.3 is 0 Å². The molecule has 1 aromatic heterocycles. The first-order valence-corrected chi connectivity index (χ1v) is 15.5. The van der Waals surface area contributed by atoms with Gasteiger partial charge in [-0.15, -0.1) is 0 Å². The van der Waals surface area contributed by atoms with Crippen LogP contribution < -0.4 is 18.9 Å². The van der Waals surface area contributed by atoms with E-state index in [9.17, 15) is 0 Å². The number of methoxy groups -OCH3 is 2. The van der Waals surface area contributed by atoms with E-state index in [0.717, 1.165) is 53.8 Å². The molecule has 8 nitrogen and oxygen atoms in total. The van der Waals surface area contributed by atoms with Crippen molar-refractivity contribution in [1.29, 1.82) is 0 Å². The van der Waals surface area contributed by atoms with Gasteiger partial charge in [0.1, 0.15) is 5.75 Å². The molecule has 5 aromatic rings. The Balaban J connectivity index is 0.951. The van der Waals surface area contributed by atoms with Crippen molar-refractivity contribution in [2.75, 3.05) is 34.0 Å². The minimum Gasteiger partial charge on any atom is -0.493 e. The highest BCUT2D eigenvalue weighted by atomic mass is 32.2. The molecular formula is C35H35N3O5S. The molecule has 0 spiro atoms. The molecule has 0 unspecified atom stereocenters. The van der Waals surface area contributed by atoms with Crippen LogP contribution in [0.2, 0.25) is 0 Å². The van der Waals surface area contributed by atoms with Crippen LogP contribution in [0.5, 0.6) is 23.1 Å². The van der Waals surface area contributed by atoms with Crippen LogP contribution in [0.4, 0.5) is 0 Å². The molecule has 226 valence electrons. The zero-order valence-electron chi connectivity index (χ0n) is 24.9. The van der Waals surface area contributed by atoms with Crippen LogP contribution in [0, 0.1) is 0 Å². The number of nitrogens with zero attached hydrogens (tertiary/aromatic N) is 3. The summed E-state index contributed by atoms with van der Waals surface area (Å²) >= 11 is 1.46. The normalized spacial score (nSPS) is 12.9. The molecular weight excluding hydrogens is 574 g/mol. The smallest absolute Gasteiger partial charge is 0.290 e. The second kappa shape index (κ2) is 14.3. The Labute approximate surface area is 261 Å². The minimum absolute atomic E-state index is 0.400. The van der Waals surface area contributed by atoms with Gasteiger partial charge < -0.3 is 18.9 Å². The van der Waals surface area contributed by atoms with Gasteiger partial charge in [-0.3, -0.25) is 4.90 Å². The number of rotatable bonds is 13. The largest absolute Gasteiger partial charge is 0.493 e. The highest BCUT2D eigenvalue weighted by molar-refractivity contribution is 7.99. The van der Waals surface area contributed by atoms with Gasteiger partial charge in [-0.2, -0.15) is 0 Å². The van der Waals surface area contributed by atoms with E-state index < -0.39 is 0 Å². The molecule has 0 radical (unpaired) electrons. The van der Waals surface area contributed by atoms with E-state index in [1.165, 1.54) is 34.0 Å². The first-order chi connectivity index (χ1) is 21.7. The number of aromatic nitrogens is 2. The topological polar surface area (TPSA) is 79.1 Å². The summed E-state index contributed by atoms with van der Waals surface area (Å²) in [5.74, 6) is 2.82. The Hall–Kier alpha value is -4.47. The number of ether oxygens (including phenoxy) is 4. The lowest BCUT2D eigenvalue weighted by atomic mass is 9.98. The minimum atomic E-state index is 0.400. The second-order valence-corrected chi connectivity index (χ2v) is 11.6. The van der Waals surface area contributed by atoms with Crippen LogP contribution in [0.3, 0.4) is 0 Å². The molecule has 2 heterocycles. The quantitative estimate of drug-likeness (QED) is 0.128. The van der Waals surface area contributed by atoms with Crippen LogP contribution in [0.25, 0.3) is 11.1 Å². The maximum absolute atomic E-state index is 5.93. The summed E-state index contributed by atoms with van der Waals surface area (Å²) in [6.45, 7) is 3.81. The lowest BCUT2D eigenvalue weighted by Gasteiger charge is -2.29. The molecule has 4 aromatic carbocycles. The summed E-state index contributed by atoms with van der Waals surface area (Å²) in [6.07, 6.45) is 1.71. The molecule has 0 N–H and O–H groups in total. The lowest BCUT2D eigenvalue weighted by Crippen LogP contribution is -2.30. The van der Waals surface area contributed by atoms with Crippen molar-refractivity contribution in [3.05, 3.63) is 108 Å². The summed E-state index contributed by atoms with van der Waals surface area (Å²) in [6, 6.07) is 31.2. The predicted octanol–water partition coefficient (Wildman–Crippen LogP) is 7.31. The fraction of sp³-hybridized carbons (Fsp3) is 0.257. The Kier molecular flexibility index (Phi) is 9.64. The van der Waals surface area contributed by atoms with E-state index in [0.29, 0.717) is 30.5 Å². The maximum atomic E-state index is 5.93. The molecule has 0 atom stereocenters. The van der Waals surface area contributed by atoms with Gasteiger partial charge in [0.15, 0.2) is 11.5 Å². The molecule has 0 aliphatic carbocycles. The fourth-order valence-corrected chi connectivity index (χ4v) is 5.99. The molecule has 6 rings (SSSR count). The van der Waals surface area contributed by atoms with E-state index in [1.807, 2.05) is 42.5 Å². The van der Waals surface area contributed by atoms with E-state index in [2.05, 4.69) is 63.7 Å². The van der Waals surface area contributed by atoms with Crippen molar-refractivity contribution < 1.29 is 23.6 Å². The van der Waals surface area contributed by atoms with Gasteiger partial charge in [0, 0.05) is 31.0 Å². The third kappa shape index (κ3) is 7.35. The Morgan fingerprint density at radius 3 is 2.18 bits per heavy atom. The molecule has 0 bridgehead atoms. The molecule has 0 amide bonds. The van der Waals surface area contributed by atoms with E-state index in [-0.39, 0.29) is 0 Å². The van der Waals surface area contributed by atoms with Crippen LogP contribution in [-0.2, 0) is 19.5 Å². The SMILES string of the molecule is COc1cc2c(cc1OC)CN(Cc1ccc(-c3ccc(OCCCOc4nonc4Sc4ccccc4)cc3)cc1)CC2. The number of hydrogen-bond donors (Lipinski definition) is 0. The molecule has 44 heavy (non-hydrogen) atoms. The van der Waals surface area contributed by atoms with Gasteiger partial charge in [-0.1, -0.05) is 66.4 Å². The van der Waals surface area contributed by atoms with Gasteiger partial charge in [-0.05, 0) is 80.9 Å². The fourth-order valence-electron chi connectivity index (χ4n) is 5.22. The van der Waals surface area contributed by atoms with Crippen molar-refractivity contribution in [3.63, 3.8) is 0 Å². The Bertz CT molecular complexity index is 1640. The molecule has 0 saturated carbocycles. The van der Waals surface area contributed by atoms with Crippen LogP contribution in [-0.4, -0.2) is 49.2 Å². The summed E-state index contributed by atoms with van der Waals surface area (Å²) in [5.41, 5.74) is 6.28. The number of hydrogen-bond acceptors (Lipinski definition) is 9. The van der Waals surface area contributed by atoms with E-state index in [4.69, 9.17) is 23.6 Å². The summed E-state index contributed by atoms with van der Waals surface area (Å²) in [7, 11) is 3.37. The van der Waals surface area contributed by atoms with Crippen molar-refractivity contribution in [3.8, 4) is 34.3 Å². The van der Waals surface area contributed by atoms with E-state index in [1.54, 1.807) is 14.2 Å². The first kappa shape index (κ1) is 29.6. The van der Waals surface area contributed by atoms with Crippen molar-refractivity contribution in [2.45, 2.75) is 35.9 Å². The van der Waals surface area contributed by atoms with Crippen molar-refractivity contribution in [2.24, 2.45) is 0 Å². The van der Waals surface area contributed by atoms with Crippen molar-refractivity contribution in [1.82, 2.24) is 15.2 Å². The van der Waals surface area contributed by atoms with Crippen LogP contribution in [0.1, 0.15) is 23.1 Å². The monoisotopic (exact) mass is 609 g/mol. The molecule has 0 fully saturated rings. The van der Waals surface area contributed by atoms with Crippen LogP contribution in [0.15, 0.2) is 106 Å². The third-order valence-electron chi connectivity index (χ3n) is 7.53. The highest BCUT2D eigenvalue weighted by Gasteiger charge is 2.20. The molecule has 0 saturated heterocycles. The summed E-state index contributed by atoms with van der Waals surface area (Å²) < 4.78 is 27.6. The third-order valence-corrected chi connectivity index (χ3v) is 8.48. The predicted molar refractivity (Wildman–Crippen MR) is 170 cm³/mol. The Morgan fingerprint density at radius 2 is 1.45 bits per heavy atom. The van der Waals surface area contributed by atoms with Gasteiger partial charge in [0.25, 0.3) is 5.88 Å². The molecule has 9 heteroatoms. The molecule has 1 aliphatic heterocycles. The average molecular weight is 610 g/mol. The second-order valence-electron chi connectivity index (χ2n) is 10.5. The summed E-state index contributed by atoms with van der Waals surface area (Å²) in [5, 5.41) is 8.44. The van der Waals surface area contributed by atoms with Gasteiger partial charge in [-0.25, -0.2) is 4.63 Å². The standard InChI is InChI=1S/C35H35N3O5S/c1-39-32-21-28-17-18-38(24-29(28)22-33(32)40-2)23-25-9-11-26(12-10-25)27-13-15-30(16-14-27)41-19-6-20-42-34-35(37-43-36-34)44-31-7-4-3-5-8-31/h3-5,7-16,21-22H,6,17-20,23-24H2,1-2H3. The zero-order valence-corrected chi connectivity index (χ0v) is 25.7. The van der Waals surface area contributed by atoms with Crippen molar-refractivity contribution >= 4 is 11.8 Å². The lowest BCUT2D eigenvalue weighted by molar-refractivity contribution is 0.225. The zero-order chi connectivity index (χ0) is 30.1.